The minimum Gasteiger partial charge on any atom is -0.496 e. The van der Waals surface area contributed by atoms with Crippen LogP contribution in [0.4, 0.5) is 0 Å². The van der Waals surface area contributed by atoms with Crippen LogP contribution in [0.2, 0.25) is 0 Å². The smallest absolute Gasteiger partial charge is 0.142 e. The zero-order chi connectivity index (χ0) is 15.2. The number of nitrogens with zero attached hydrogens (tertiary/aromatic N) is 1. The molecule has 0 aliphatic rings. The average Bonchev–Trinajstić information content (AvgIpc) is 2.52. The van der Waals surface area contributed by atoms with E-state index < -0.39 is 0 Å². The third-order valence-corrected chi connectivity index (χ3v) is 3.45. The van der Waals surface area contributed by atoms with E-state index in [0.29, 0.717) is 0 Å². The summed E-state index contributed by atoms with van der Waals surface area (Å²) < 4.78 is 10.8. The second kappa shape index (κ2) is 7.09. The van der Waals surface area contributed by atoms with Crippen LogP contribution in [-0.2, 0) is 0 Å². The highest BCUT2D eigenvalue weighted by Gasteiger charge is 2.19. The number of hydrogen-bond donors (Lipinski definition) is 1. The van der Waals surface area contributed by atoms with Crippen LogP contribution in [0.3, 0.4) is 0 Å². The van der Waals surface area contributed by atoms with Crippen molar-refractivity contribution in [3.63, 3.8) is 0 Å². The molecule has 112 valence electrons. The van der Waals surface area contributed by atoms with Crippen LogP contribution in [0.1, 0.15) is 29.8 Å². The quantitative estimate of drug-likeness (QED) is 0.886. The first kappa shape index (κ1) is 15.3. The molecule has 4 nitrogen and oxygen atoms in total. The summed E-state index contributed by atoms with van der Waals surface area (Å²) in [4.78, 5) is 4.50. The Morgan fingerprint density at radius 3 is 2.52 bits per heavy atom. The maximum absolute atomic E-state index is 5.44. The Morgan fingerprint density at radius 2 is 1.90 bits per heavy atom. The Bertz CT molecular complexity index is 599. The molecule has 1 aromatic carbocycles. The summed E-state index contributed by atoms with van der Waals surface area (Å²) in [6.07, 6.45) is 1.79. The lowest BCUT2D eigenvalue weighted by atomic mass is 10.00. The zero-order valence-corrected chi connectivity index (χ0v) is 13.0. The maximum Gasteiger partial charge on any atom is 0.142 e. The van der Waals surface area contributed by atoms with Gasteiger partial charge < -0.3 is 14.8 Å². The number of hydrogen-bond acceptors (Lipinski definition) is 4. The molecular weight excluding hydrogens is 264 g/mol. The molecule has 0 aliphatic carbocycles. The third kappa shape index (κ3) is 3.34. The second-order valence-corrected chi connectivity index (χ2v) is 4.81. The van der Waals surface area contributed by atoms with Gasteiger partial charge in [-0.05, 0) is 42.8 Å². The normalized spacial score (nSPS) is 12.0. The van der Waals surface area contributed by atoms with Crippen molar-refractivity contribution in [2.24, 2.45) is 0 Å². The third-order valence-electron chi connectivity index (χ3n) is 3.45. The van der Waals surface area contributed by atoms with Gasteiger partial charge in [0.15, 0.2) is 0 Å². The molecule has 1 aromatic heterocycles. The molecule has 1 atom stereocenters. The van der Waals surface area contributed by atoms with Crippen LogP contribution in [0, 0.1) is 6.92 Å². The number of nitrogens with one attached hydrogen (secondary N) is 1. The average molecular weight is 286 g/mol. The maximum atomic E-state index is 5.44. The van der Waals surface area contributed by atoms with Crippen molar-refractivity contribution in [2.45, 2.75) is 19.9 Å². The van der Waals surface area contributed by atoms with Crippen molar-refractivity contribution >= 4 is 0 Å². The molecule has 0 amide bonds. The van der Waals surface area contributed by atoms with Crippen LogP contribution in [0.25, 0.3) is 0 Å². The van der Waals surface area contributed by atoms with E-state index >= 15 is 0 Å². The van der Waals surface area contributed by atoms with Crippen LogP contribution in [0.5, 0.6) is 11.5 Å². The Balaban J connectivity index is 2.45. The number of rotatable bonds is 6. The second-order valence-electron chi connectivity index (χ2n) is 4.81. The predicted molar refractivity (Wildman–Crippen MR) is 84.0 cm³/mol. The summed E-state index contributed by atoms with van der Waals surface area (Å²) >= 11 is 0. The lowest BCUT2D eigenvalue weighted by Gasteiger charge is -2.21. The zero-order valence-electron chi connectivity index (χ0n) is 13.0. The molecule has 2 rings (SSSR count). The minimum absolute atomic E-state index is 0.00393. The van der Waals surface area contributed by atoms with E-state index in [1.54, 1.807) is 20.4 Å². The van der Waals surface area contributed by atoms with E-state index in [1.165, 1.54) is 0 Å². The summed E-state index contributed by atoms with van der Waals surface area (Å²) in [5, 5.41) is 3.47. The molecule has 0 saturated carbocycles. The predicted octanol–water partition coefficient (Wildman–Crippen LogP) is 3.11. The first-order chi connectivity index (χ1) is 10.2. The number of methoxy groups -OCH3 is 2. The van der Waals surface area contributed by atoms with E-state index in [9.17, 15) is 0 Å². The molecule has 21 heavy (non-hydrogen) atoms. The van der Waals surface area contributed by atoms with Gasteiger partial charge in [-0.25, -0.2) is 0 Å². The molecule has 0 spiro atoms. The van der Waals surface area contributed by atoms with E-state index in [-0.39, 0.29) is 6.04 Å². The van der Waals surface area contributed by atoms with Gasteiger partial charge in [0.25, 0.3) is 0 Å². The van der Waals surface area contributed by atoms with Gasteiger partial charge in [-0.15, -0.1) is 0 Å². The highest BCUT2D eigenvalue weighted by atomic mass is 16.5. The SMILES string of the molecule is CCNC(c1ccc(OC)c(C)c1)c1ncccc1OC. The van der Waals surface area contributed by atoms with Crippen molar-refractivity contribution in [3.05, 3.63) is 53.3 Å². The van der Waals surface area contributed by atoms with Gasteiger partial charge in [0.1, 0.15) is 17.2 Å². The number of aryl methyl sites for hydroxylation is 1. The van der Waals surface area contributed by atoms with E-state index in [1.807, 2.05) is 25.1 Å². The molecule has 0 saturated heterocycles. The molecule has 0 aliphatic heterocycles. The van der Waals surface area contributed by atoms with E-state index in [0.717, 1.165) is 34.9 Å². The fourth-order valence-corrected chi connectivity index (χ4v) is 2.45. The molecular formula is C17H22N2O2. The first-order valence-corrected chi connectivity index (χ1v) is 7.08. The Kier molecular flexibility index (Phi) is 5.17. The lowest BCUT2D eigenvalue weighted by Crippen LogP contribution is -2.23. The molecule has 1 unspecified atom stereocenters. The molecule has 2 aromatic rings. The summed E-state index contributed by atoms with van der Waals surface area (Å²) in [7, 11) is 3.36. The first-order valence-electron chi connectivity index (χ1n) is 7.08. The van der Waals surface area contributed by atoms with Gasteiger partial charge in [-0.1, -0.05) is 19.1 Å². The fourth-order valence-electron chi connectivity index (χ4n) is 2.45. The Labute approximate surface area is 126 Å². The van der Waals surface area contributed by atoms with Crippen molar-refractivity contribution in [1.82, 2.24) is 10.3 Å². The van der Waals surface area contributed by atoms with Crippen molar-refractivity contribution in [3.8, 4) is 11.5 Å². The molecule has 0 radical (unpaired) electrons. The molecule has 0 bridgehead atoms. The van der Waals surface area contributed by atoms with Crippen molar-refractivity contribution in [2.75, 3.05) is 20.8 Å². The molecule has 4 heteroatoms. The van der Waals surface area contributed by atoms with Crippen LogP contribution in [0.15, 0.2) is 36.5 Å². The van der Waals surface area contributed by atoms with Crippen LogP contribution >= 0.6 is 0 Å². The number of aromatic nitrogens is 1. The summed E-state index contributed by atoms with van der Waals surface area (Å²) in [5.41, 5.74) is 3.14. The van der Waals surface area contributed by atoms with E-state index in [2.05, 4.69) is 29.4 Å². The standard InChI is InChI=1S/C17H22N2O2/c1-5-18-16(17-15(21-4)7-6-10-19-17)13-8-9-14(20-3)12(2)11-13/h6-11,16,18H,5H2,1-4H3. The van der Waals surface area contributed by atoms with Gasteiger partial charge >= 0.3 is 0 Å². The van der Waals surface area contributed by atoms with E-state index in [4.69, 9.17) is 9.47 Å². The summed E-state index contributed by atoms with van der Waals surface area (Å²) in [6.45, 7) is 4.97. The Morgan fingerprint density at radius 1 is 1.14 bits per heavy atom. The Hall–Kier alpha value is -2.07. The van der Waals surface area contributed by atoms with Crippen LogP contribution in [-0.4, -0.2) is 25.7 Å². The monoisotopic (exact) mass is 286 g/mol. The molecule has 0 fully saturated rings. The highest BCUT2D eigenvalue weighted by Crippen LogP contribution is 2.30. The summed E-state index contributed by atoms with van der Waals surface area (Å²) in [5.74, 6) is 1.68. The van der Waals surface area contributed by atoms with Gasteiger partial charge in [-0.3, -0.25) is 4.98 Å². The van der Waals surface area contributed by atoms with Crippen molar-refractivity contribution < 1.29 is 9.47 Å². The molecule has 1 N–H and O–H groups in total. The lowest BCUT2D eigenvalue weighted by molar-refractivity contribution is 0.400. The van der Waals surface area contributed by atoms with Gasteiger partial charge in [0.05, 0.1) is 20.3 Å². The highest BCUT2D eigenvalue weighted by molar-refractivity contribution is 5.42. The number of ether oxygens (including phenoxy) is 2. The van der Waals surface area contributed by atoms with Crippen molar-refractivity contribution in [1.29, 1.82) is 0 Å². The number of benzene rings is 1. The topological polar surface area (TPSA) is 43.4 Å². The largest absolute Gasteiger partial charge is 0.496 e. The van der Waals surface area contributed by atoms with Gasteiger partial charge in [0.2, 0.25) is 0 Å². The number of pyridine rings is 1. The minimum atomic E-state index is -0.00393. The fraction of sp³-hybridized carbons (Fsp3) is 0.353. The summed E-state index contributed by atoms with van der Waals surface area (Å²) in [6, 6.07) is 9.99. The van der Waals surface area contributed by atoms with Crippen LogP contribution < -0.4 is 14.8 Å². The van der Waals surface area contributed by atoms with Gasteiger partial charge in [0, 0.05) is 6.20 Å². The molecule has 1 heterocycles. The van der Waals surface area contributed by atoms with Gasteiger partial charge in [-0.2, -0.15) is 0 Å².